The van der Waals surface area contributed by atoms with Crippen LogP contribution in [0.15, 0.2) is 29.2 Å². The van der Waals surface area contributed by atoms with Gasteiger partial charge in [-0.05, 0) is 45.4 Å². The second kappa shape index (κ2) is 3.95. The van der Waals surface area contributed by atoms with E-state index >= 15 is 0 Å². The maximum Gasteiger partial charge on any atom is 0.0689 e. The summed E-state index contributed by atoms with van der Waals surface area (Å²) in [5.41, 5.74) is 1.33. The number of nitrogens with one attached hydrogen (secondary N) is 1. The van der Waals surface area contributed by atoms with Gasteiger partial charge in [-0.25, -0.2) is 0 Å². The lowest BCUT2D eigenvalue weighted by Gasteiger charge is -2.41. The predicted octanol–water partition coefficient (Wildman–Crippen LogP) is 3.19. The third kappa shape index (κ3) is 1.96. The molecule has 0 unspecified atom stereocenters. The predicted molar refractivity (Wildman–Crippen MR) is 62.7 cm³/mol. The van der Waals surface area contributed by atoms with Crippen LogP contribution in [0.2, 0.25) is 0 Å². The maximum absolute atomic E-state index is 3.44. The van der Waals surface area contributed by atoms with E-state index in [1.807, 2.05) is 11.8 Å². The molecule has 1 fully saturated rings. The minimum absolute atomic E-state index is 0.329. The molecule has 2 heteroatoms. The Balaban J connectivity index is 2.06. The molecular formula is C12H17NS. The van der Waals surface area contributed by atoms with Crippen LogP contribution in [0.1, 0.15) is 24.8 Å². The summed E-state index contributed by atoms with van der Waals surface area (Å²) < 4.78 is 0. The van der Waals surface area contributed by atoms with Crippen LogP contribution in [0, 0.1) is 6.92 Å². The second-order valence-corrected chi connectivity index (χ2v) is 5.47. The standard InChI is InChI=1S/C12H17NS/c1-10-4-6-11(7-5-10)14-12(13-2)8-3-9-12/h4-7,13H,3,8-9H2,1-2H3. The van der Waals surface area contributed by atoms with Crippen LogP contribution >= 0.6 is 11.8 Å². The number of aryl methyl sites for hydroxylation is 1. The van der Waals surface area contributed by atoms with Gasteiger partial charge in [0.1, 0.15) is 0 Å². The summed E-state index contributed by atoms with van der Waals surface area (Å²) in [7, 11) is 2.07. The zero-order valence-electron chi connectivity index (χ0n) is 8.84. The third-order valence-corrected chi connectivity index (χ3v) is 4.46. The van der Waals surface area contributed by atoms with Crippen molar-refractivity contribution in [3.63, 3.8) is 0 Å². The molecule has 76 valence electrons. The van der Waals surface area contributed by atoms with Crippen LogP contribution < -0.4 is 5.32 Å². The molecule has 0 radical (unpaired) electrons. The number of hydrogen-bond acceptors (Lipinski definition) is 2. The lowest BCUT2D eigenvalue weighted by Crippen LogP contribution is -2.45. The van der Waals surface area contributed by atoms with Crippen molar-refractivity contribution in [2.75, 3.05) is 7.05 Å². The molecular weight excluding hydrogens is 190 g/mol. The van der Waals surface area contributed by atoms with Crippen molar-refractivity contribution >= 4 is 11.8 Å². The van der Waals surface area contributed by atoms with E-state index in [1.54, 1.807) is 0 Å². The molecule has 2 rings (SSSR count). The topological polar surface area (TPSA) is 12.0 Å². The molecule has 0 bridgehead atoms. The van der Waals surface area contributed by atoms with E-state index in [1.165, 1.54) is 29.7 Å². The SMILES string of the molecule is CNC1(Sc2ccc(C)cc2)CCC1. The zero-order valence-corrected chi connectivity index (χ0v) is 9.66. The molecule has 0 atom stereocenters. The number of benzene rings is 1. The van der Waals surface area contributed by atoms with E-state index in [0.717, 1.165) is 0 Å². The normalized spacial score (nSPS) is 19.0. The molecule has 0 aromatic heterocycles. The van der Waals surface area contributed by atoms with Crippen molar-refractivity contribution in [3.05, 3.63) is 29.8 Å². The molecule has 0 aliphatic heterocycles. The molecule has 1 N–H and O–H groups in total. The first-order valence-corrected chi connectivity index (χ1v) is 6.00. The Morgan fingerprint density at radius 3 is 2.29 bits per heavy atom. The highest BCUT2D eigenvalue weighted by Crippen LogP contribution is 2.45. The molecule has 0 amide bonds. The van der Waals surface area contributed by atoms with Crippen LogP contribution in [0.4, 0.5) is 0 Å². The van der Waals surface area contributed by atoms with Gasteiger partial charge in [-0.2, -0.15) is 0 Å². The Bertz CT molecular complexity index is 295. The van der Waals surface area contributed by atoms with Crippen molar-refractivity contribution in [1.29, 1.82) is 0 Å². The molecule has 1 saturated carbocycles. The molecule has 1 aliphatic carbocycles. The Labute approximate surface area is 90.3 Å². The van der Waals surface area contributed by atoms with Gasteiger partial charge in [0.2, 0.25) is 0 Å². The van der Waals surface area contributed by atoms with E-state index in [-0.39, 0.29) is 0 Å². The fraction of sp³-hybridized carbons (Fsp3) is 0.500. The summed E-state index contributed by atoms with van der Waals surface area (Å²) in [6.07, 6.45) is 3.95. The van der Waals surface area contributed by atoms with Crippen molar-refractivity contribution in [2.24, 2.45) is 0 Å². The van der Waals surface area contributed by atoms with Crippen molar-refractivity contribution in [3.8, 4) is 0 Å². The van der Waals surface area contributed by atoms with E-state index in [4.69, 9.17) is 0 Å². The minimum atomic E-state index is 0.329. The third-order valence-electron chi connectivity index (χ3n) is 2.95. The van der Waals surface area contributed by atoms with Gasteiger partial charge >= 0.3 is 0 Å². The van der Waals surface area contributed by atoms with Gasteiger partial charge in [0.05, 0.1) is 4.87 Å². The van der Waals surface area contributed by atoms with Crippen molar-refractivity contribution in [1.82, 2.24) is 5.32 Å². The van der Waals surface area contributed by atoms with Gasteiger partial charge in [0, 0.05) is 4.90 Å². The van der Waals surface area contributed by atoms with E-state index in [9.17, 15) is 0 Å². The molecule has 1 nitrogen and oxygen atoms in total. The van der Waals surface area contributed by atoms with E-state index in [2.05, 4.69) is 43.6 Å². The smallest absolute Gasteiger partial charge is 0.0689 e. The molecule has 14 heavy (non-hydrogen) atoms. The lowest BCUT2D eigenvalue weighted by molar-refractivity contribution is 0.318. The fourth-order valence-corrected chi connectivity index (χ4v) is 3.05. The van der Waals surface area contributed by atoms with Crippen LogP contribution in [0.5, 0.6) is 0 Å². The van der Waals surface area contributed by atoms with E-state index < -0.39 is 0 Å². The fourth-order valence-electron chi connectivity index (χ4n) is 1.73. The van der Waals surface area contributed by atoms with Gasteiger partial charge in [-0.15, -0.1) is 11.8 Å². The Kier molecular flexibility index (Phi) is 2.84. The number of rotatable bonds is 3. The molecule has 1 aliphatic rings. The van der Waals surface area contributed by atoms with Crippen LogP contribution in [0.3, 0.4) is 0 Å². The van der Waals surface area contributed by atoms with Gasteiger partial charge in [0.15, 0.2) is 0 Å². The van der Waals surface area contributed by atoms with Gasteiger partial charge in [0.25, 0.3) is 0 Å². The molecule has 0 spiro atoms. The van der Waals surface area contributed by atoms with Gasteiger partial charge in [-0.1, -0.05) is 17.7 Å². The second-order valence-electron chi connectivity index (χ2n) is 4.01. The summed E-state index contributed by atoms with van der Waals surface area (Å²) >= 11 is 1.98. The maximum atomic E-state index is 3.44. The molecule has 1 aromatic rings. The molecule has 0 saturated heterocycles. The van der Waals surface area contributed by atoms with Gasteiger partial charge < -0.3 is 5.32 Å². The van der Waals surface area contributed by atoms with Crippen LogP contribution in [-0.2, 0) is 0 Å². The highest BCUT2D eigenvalue weighted by atomic mass is 32.2. The highest BCUT2D eigenvalue weighted by Gasteiger charge is 2.36. The lowest BCUT2D eigenvalue weighted by atomic mass is 9.92. The van der Waals surface area contributed by atoms with E-state index in [0.29, 0.717) is 4.87 Å². The first-order chi connectivity index (χ1) is 6.74. The van der Waals surface area contributed by atoms with Gasteiger partial charge in [-0.3, -0.25) is 0 Å². The van der Waals surface area contributed by atoms with Crippen molar-refractivity contribution < 1.29 is 0 Å². The average molecular weight is 207 g/mol. The zero-order chi connectivity index (χ0) is 10.0. The monoisotopic (exact) mass is 207 g/mol. The first kappa shape index (κ1) is 10.1. The largest absolute Gasteiger partial charge is 0.306 e. The Morgan fingerprint density at radius 2 is 1.86 bits per heavy atom. The highest BCUT2D eigenvalue weighted by molar-refractivity contribution is 8.00. The first-order valence-electron chi connectivity index (χ1n) is 5.19. The summed E-state index contributed by atoms with van der Waals surface area (Å²) in [6.45, 7) is 2.13. The number of thioether (sulfide) groups is 1. The van der Waals surface area contributed by atoms with Crippen molar-refractivity contribution in [2.45, 2.75) is 36.0 Å². The average Bonchev–Trinajstić information content (AvgIpc) is 2.15. The minimum Gasteiger partial charge on any atom is -0.306 e. The summed E-state index contributed by atoms with van der Waals surface area (Å²) in [4.78, 5) is 1.71. The molecule has 1 aromatic carbocycles. The number of hydrogen-bond donors (Lipinski definition) is 1. The quantitative estimate of drug-likeness (QED) is 0.764. The Hall–Kier alpha value is -0.470. The summed E-state index contributed by atoms with van der Waals surface area (Å²) in [6, 6.07) is 8.81. The molecule has 0 heterocycles. The Morgan fingerprint density at radius 1 is 1.21 bits per heavy atom. The summed E-state index contributed by atoms with van der Waals surface area (Å²) in [5, 5.41) is 3.44. The van der Waals surface area contributed by atoms with Crippen LogP contribution in [0.25, 0.3) is 0 Å². The van der Waals surface area contributed by atoms with Crippen LogP contribution in [-0.4, -0.2) is 11.9 Å². The summed E-state index contributed by atoms with van der Waals surface area (Å²) in [5.74, 6) is 0.